The van der Waals surface area contributed by atoms with Crippen LogP contribution in [0.5, 0.6) is 0 Å². The quantitative estimate of drug-likeness (QED) is 0.748. The van der Waals surface area contributed by atoms with Crippen LogP contribution in [0.25, 0.3) is 0 Å². The van der Waals surface area contributed by atoms with E-state index in [0.29, 0.717) is 0 Å². The lowest BCUT2D eigenvalue weighted by molar-refractivity contribution is -0.344. The zero-order chi connectivity index (χ0) is 19.6. The van der Waals surface area contributed by atoms with E-state index >= 15 is 0 Å². The minimum atomic E-state index is -6.58. The molecule has 2 nitrogen and oxygen atoms in total. The zero-order valence-electron chi connectivity index (χ0n) is 12.9. The molecule has 1 amide bonds. The van der Waals surface area contributed by atoms with Gasteiger partial charge in [-0.2, -0.15) is 30.7 Å². The average Bonchev–Trinajstić information content (AvgIpc) is 2.59. The second kappa shape index (κ2) is 6.97. The van der Waals surface area contributed by atoms with Gasteiger partial charge in [0, 0.05) is 0 Å². The third-order valence-corrected chi connectivity index (χ3v) is 3.58. The Kier molecular flexibility index (Phi) is 5.29. The summed E-state index contributed by atoms with van der Waals surface area (Å²) in [5, 5.41) is 1.60. The first kappa shape index (κ1) is 19.7. The maximum absolute atomic E-state index is 13.6. The number of carbonyl (C=O) groups is 1. The molecular weight excluding hydrogens is 367 g/mol. The number of carbonyl (C=O) groups excluding carboxylic acids is 1. The standard InChI is InChI=1S/C17H12F7NO/c18-15(19,16(20,21)17(22,23)24)14(26)25-13(11-7-3-1-4-8-11)12-9-5-2-6-10-12/h1-10,13H,(H,25,26). The maximum Gasteiger partial charge on any atom is 0.460 e. The summed E-state index contributed by atoms with van der Waals surface area (Å²) < 4.78 is 90.1. The molecule has 2 aromatic carbocycles. The molecule has 0 radical (unpaired) electrons. The number of amides is 1. The molecule has 0 spiro atoms. The molecule has 0 bridgehead atoms. The molecule has 0 saturated carbocycles. The fourth-order valence-electron chi connectivity index (χ4n) is 2.19. The fraction of sp³-hybridized carbons (Fsp3) is 0.235. The summed E-state index contributed by atoms with van der Waals surface area (Å²) in [6.45, 7) is 0. The molecule has 0 aliphatic rings. The number of halogens is 7. The third-order valence-electron chi connectivity index (χ3n) is 3.58. The normalized spacial score (nSPS) is 12.9. The van der Waals surface area contributed by atoms with E-state index in [-0.39, 0.29) is 11.1 Å². The Morgan fingerprint density at radius 2 is 1.12 bits per heavy atom. The number of alkyl halides is 7. The van der Waals surface area contributed by atoms with Crippen molar-refractivity contribution in [1.29, 1.82) is 0 Å². The zero-order valence-corrected chi connectivity index (χ0v) is 12.9. The molecule has 0 aliphatic heterocycles. The Hall–Kier alpha value is -2.58. The highest BCUT2D eigenvalue weighted by Gasteiger charge is 2.76. The molecule has 0 saturated heterocycles. The van der Waals surface area contributed by atoms with Crippen molar-refractivity contribution in [2.45, 2.75) is 24.1 Å². The van der Waals surface area contributed by atoms with Crippen molar-refractivity contribution in [2.24, 2.45) is 0 Å². The van der Waals surface area contributed by atoms with E-state index in [1.54, 1.807) is 17.4 Å². The molecule has 2 aromatic rings. The third kappa shape index (κ3) is 3.66. The van der Waals surface area contributed by atoms with Crippen molar-refractivity contribution in [2.75, 3.05) is 0 Å². The number of nitrogens with one attached hydrogen (secondary N) is 1. The van der Waals surface area contributed by atoms with Crippen LogP contribution < -0.4 is 5.32 Å². The van der Waals surface area contributed by atoms with E-state index in [1.165, 1.54) is 48.5 Å². The molecule has 2 rings (SSSR count). The summed E-state index contributed by atoms with van der Waals surface area (Å²) in [4.78, 5) is 11.7. The Morgan fingerprint density at radius 3 is 1.46 bits per heavy atom. The van der Waals surface area contributed by atoms with E-state index in [2.05, 4.69) is 0 Å². The lowest BCUT2D eigenvalue weighted by atomic mass is 9.98. The smallest absolute Gasteiger partial charge is 0.340 e. The van der Waals surface area contributed by atoms with Crippen LogP contribution >= 0.6 is 0 Å². The monoisotopic (exact) mass is 379 g/mol. The predicted molar refractivity (Wildman–Crippen MR) is 78.8 cm³/mol. The van der Waals surface area contributed by atoms with Gasteiger partial charge in [-0.25, -0.2) is 0 Å². The maximum atomic E-state index is 13.6. The largest absolute Gasteiger partial charge is 0.460 e. The first-order valence-corrected chi connectivity index (χ1v) is 7.21. The van der Waals surface area contributed by atoms with Crippen molar-refractivity contribution < 1.29 is 35.5 Å². The minimum Gasteiger partial charge on any atom is -0.340 e. The highest BCUT2D eigenvalue weighted by molar-refractivity contribution is 5.85. The van der Waals surface area contributed by atoms with Gasteiger partial charge in [0.25, 0.3) is 5.91 Å². The molecular formula is C17H12F7NO. The van der Waals surface area contributed by atoms with Crippen molar-refractivity contribution in [3.63, 3.8) is 0 Å². The highest BCUT2D eigenvalue weighted by Crippen LogP contribution is 2.46. The van der Waals surface area contributed by atoms with E-state index in [0.717, 1.165) is 0 Å². The molecule has 1 N–H and O–H groups in total. The van der Waals surface area contributed by atoms with E-state index in [9.17, 15) is 35.5 Å². The van der Waals surface area contributed by atoms with Crippen LogP contribution in [0.2, 0.25) is 0 Å². The van der Waals surface area contributed by atoms with Crippen molar-refractivity contribution in [1.82, 2.24) is 5.32 Å². The first-order valence-electron chi connectivity index (χ1n) is 7.21. The summed E-state index contributed by atoms with van der Waals surface area (Å²) in [6, 6.07) is 13.5. The molecule has 0 heterocycles. The van der Waals surface area contributed by atoms with E-state index < -0.39 is 30.0 Å². The predicted octanol–water partition coefficient (Wildman–Crippen LogP) is 4.73. The van der Waals surface area contributed by atoms with Gasteiger partial charge in [-0.15, -0.1) is 0 Å². The van der Waals surface area contributed by atoms with Crippen LogP contribution in [0.4, 0.5) is 30.7 Å². The molecule has 9 heteroatoms. The van der Waals surface area contributed by atoms with Gasteiger partial charge in [-0.3, -0.25) is 4.79 Å². The lowest BCUT2D eigenvalue weighted by Gasteiger charge is -2.29. The van der Waals surface area contributed by atoms with E-state index in [1.807, 2.05) is 0 Å². The molecule has 0 fully saturated rings. The molecule has 0 aromatic heterocycles. The summed E-state index contributed by atoms with van der Waals surface area (Å²) in [5.41, 5.74) is 0.469. The Morgan fingerprint density at radius 1 is 0.731 bits per heavy atom. The Bertz CT molecular complexity index is 705. The van der Waals surface area contributed by atoms with Crippen LogP contribution in [0.15, 0.2) is 60.7 Å². The summed E-state index contributed by atoms with van der Waals surface area (Å²) in [6.07, 6.45) is -6.58. The second-order valence-electron chi connectivity index (χ2n) is 5.37. The van der Waals surface area contributed by atoms with Crippen LogP contribution in [0.3, 0.4) is 0 Å². The number of hydrogen-bond donors (Lipinski definition) is 1. The van der Waals surface area contributed by atoms with E-state index in [4.69, 9.17) is 0 Å². The lowest BCUT2D eigenvalue weighted by Crippen LogP contribution is -2.59. The van der Waals surface area contributed by atoms with Gasteiger partial charge in [-0.05, 0) is 11.1 Å². The molecule has 0 aliphatic carbocycles. The SMILES string of the molecule is O=C(NC(c1ccccc1)c1ccccc1)C(F)(F)C(F)(F)C(F)(F)F. The Labute approximate surface area is 143 Å². The van der Waals surface area contributed by atoms with Gasteiger partial charge >= 0.3 is 18.0 Å². The molecule has 26 heavy (non-hydrogen) atoms. The molecule has 140 valence electrons. The number of benzene rings is 2. The number of rotatable bonds is 5. The minimum absolute atomic E-state index is 0.234. The first-order chi connectivity index (χ1) is 12.0. The fourth-order valence-corrected chi connectivity index (χ4v) is 2.19. The van der Waals surface area contributed by atoms with Crippen LogP contribution in [0, 0.1) is 0 Å². The topological polar surface area (TPSA) is 29.1 Å². The highest BCUT2D eigenvalue weighted by atomic mass is 19.4. The van der Waals surface area contributed by atoms with Crippen molar-refractivity contribution in [3.05, 3.63) is 71.8 Å². The van der Waals surface area contributed by atoms with Crippen molar-refractivity contribution in [3.8, 4) is 0 Å². The molecule has 0 unspecified atom stereocenters. The summed E-state index contributed by atoms with van der Waals surface area (Å²) >= 11 is 0. The van der Waals surface area contributed by atoms with Gasteiger partial charge in [0.05, 0.1) is 6.04 Å². The van der Waals surface area contributed by atoms with Crippen molar-refractivity contribution >= 4 is 5.91 Å². The summed E-state index contributed by atoms with van der Waals surface area (Å²) in [5.74, 6) is -15.2. The molecule has 0 atom stereocenters. The van der Waals surface area contributed by atoms with Crippen LogP contribution in [0.1, 0.15) is 17.2 Å². The number of hydrogen-bond acceptors (Lipinski definition) is 1. The Balaban J connectivity index is 2.39. The van der Waals surface area contributed by atoms with Crippen LogP contribution in [-0.2, 0) is 4.79 Å². The summed E-state index contributed by atoms with van der Waals surface area (Å²) in [7, 11) is 0. The van der Waals surface area contributed by atoms with Crippen LogP contribution in [-0.4, -0.2) is 23.9 Å². The van der Waals surface area contributed by atoms with Gasteiger partial charge in [0.2, 0.25) is 0 Å². The van der Waals surface area contributed by atoms with Gasteiger partial charge in [0.15, 0.2) is 0 Å². The second-order valence-corrected chi connectivity index (χ2v) is 5.37. The average molecular weight is 379 g/mol. The van der Waals surface area contributed by atoms with Gasteiger partial charge in [-0.1, -0.05) is 60.7 Å². The van der Waals surface area contributed by atoms with Gasteiger partial charge < -0.3 is 5.32 Å². The van der Waals surface area contributed by atoms with Gasteiger partial charge in [0.1, 0.15) is 0 Å².